The van der Waals surface area contributed by atoms with Crippen LogP contribution in [0.15, 0.2) is 54.6 Å². The summed E-state index contributed by atoms with van der Waals surface area (Å²) in [6.07, 6.45) is 0. The van der Waals surface area contributed by atoms with Crippen LogP contribution >= 0.6 is 0 Å². The lowest BCUT2D eigenvalue weighted by Crippen LogP contribution is -2.53. The van der Waals surface area contributed by atoms with Gasteiger partial charge in [-0.2, -0.15) is 4.98 Å². The Labute approximate surface area is 187 Å². The fourth-order valence-corrected chi connectivity index (χ4v) is 4.45. The summed E-state index contributed by atoms with van der Waals surface area (Å²) in [6.45, 7) is 6.23. The van der Waals surface area contributed by atoms with Gasteiger partial charge >= 0.3 is 6.03 Å². The molecule has 0 aliphatic carbocycles. The normalized spacial score (nSPS) is 17.0. The second-order valence-electron chi connectivity index (χ2n) is 8.10. The molecule has 3 heterocycles. The van der Waals surface area contributed by atoms with E-state index in [1.807, 2.05) is 18.2 Å². The first-order chi connectivity index (χ1) is 15.7. The fraction of sp³-hybridized carbons (Fsp3) is 0.348. The molecule has 0 bridgehead atoms. The molecule has 5 rings (SSSR count). The van der Waals surface area contributed by atoms with E-state index >= 15 is 0 Å². The Hall–Kier alpha value is -3.59. The van der Waals surface area contributed by atoms with Crippen LogP contribution in [0.4, 0.5) is 22.2 Å². The number of fused-ring (bicyclic) bond motifs is 1. The number of carbonyl (C=O) groups excluding carboxylic acids is 1. The molecule has 2 aliphatic rings. The minimum absolute atomic E-state index is 0.249. The first-order valence-electron chi connectivity index (χ1n) is 11.0. The average Bonchev–Trinajstić information content (AvgIpc) is 2.88. The van der Waals surface area contributed by atoms with Gasteiger partial charge in [-0.3, -0.25) is 5.43 Å². The molecule has 2 fully saturated rings. The summed E-state index contributed by atoms with van der Waals surface area (Å²) in [4.78, 5) is 30.3. The van der Waals surface area contributed by atoms with Crippen LogP contribution < -0.4 is 26.0 Å². The molecule has 0 radical (unpaired) electrons. The lowest BCUT2D eigenvalue weighted by molar-refractivity contribution is 0.194. The summed E-state index contributed by atoms with van der Waals surface area (Å²) >= 11 is 0. The quantitative estimate of drug-likeness (QED) is 0.369. The third-order valence-corrected chi connectivity index (χ3v) is 6.25. The molecule has 0 saturated carbocycles. The first-order valence-corrected chi connectivity index (χ1v) is 11.0. The van der Waals surface area contributed by atoms with Crippen molar-refractivity contribution in [1.82, 2.24) is 20.3 Å². The van der Waals surface area contributed by atoms with E-state index < -0.39 is 0 Å². The Morgan fingerprint density at radius 2 is 1.38 bits per heavy atom. The highest BCUT2D eigenvalue weighted by molar-refractivity contribution is 5.90. The highest BCUT2D eigenvalue weighted by Crippen LogP contribution is 2.28. The van der Waals surface area contributed by atoms with Crippen molar-refractivity contribution in [3.63, 3.8) is 0 Å². The Balaban J connectivity index is 1.37. The van der Waals surface area contributed by atoms with Gasteiger partial charge < -0.3 is 19.6 Å². The summed E-state index contributed by atoms with van der Waals surface area (Å²) in [5, 5.41) is 1.07. The van der Waals surface area contributed by atoms with E-state index in [4.69, 9.17) is 15.8 Å². The molecule has 3 aromatic rings. The van der Waals surface area contributed by atoms with Crippen molar-refractivity contribution in [2.24, 2.45) is 5.84 Å². The van der Waals surface area contributed by atoms with Crippen LogP contribution in [0.2, 0.25) is 0 Å². The number of hydrogen-bond donors (Lipinski definition) is 2. The van der Waals surface area contributed by atoms with Gasteiger partial charge in [-0.05, 0) is 24.3 Å². The molecule has 9 heteroatoms. The standard InChI is InChI=1S/C23H28N8O/c24-27-23(32)31-16-14-30(15-17-31)22-25-20-9-5-4-8-19(20)21(26-22)29-12-10-28(11-13-29)18-6-2-1-3-7-18/h1-9H,10-17,24H2,(H,27,32). The van der Waals surface area contributed by atoms with Crippen molar-refractivity contribution in [1.29, 1.82) is 0 Å². The highest BCUT2D eigenvalue weighted by Gasteiger charge is 2.25. The van der Waals surface area contributed by atoms with E-state index in [2.05, 4.69) is 56.5 Å². The highest BCUT2D eigenvalue weighted by atomic mass is 16.2. The van der Waals surface area contributed by atoms with Gasteiger partial charge in [0.2, 0.25) is 5.95 Å². The number of hydrogen-bond acceptors (Lipinski definition) is 7. The number of nitrogens with zero attached hydrogens (tertiary/aromatic N) is 6. The van der Waals surface area contributed by atoms with Crippen molar-refractivity contribution in [2.75, 3.05) is 67.1 Å². The van der Waals surface area contributed by atoms with E-state index in [0.29, 0.717) is 26.2 Å². The Bertz CT molecular complexity index is 1080. The molecule has 0 spiro atoms. The summed E-state index contributed by atoms with van der Waals surface area (Å²) in [5.74, 6) is 6.98. The van der Waals surface area contributed by atoms with Crippen LogP contribution in [0.25, 0.3) is 10.9 Å². The minimum atomic E-state index is -0.249. The molecule has 0 unspecified atom stereocenters. The first kappa shape index (κ1) is 20.3. The zero-order valence-electron chi connectivity index (χ0n) is 18.0. The van der Waals surface area contributed by atoms with Gasteiger partial charge in [-0.15, -0.1) is 0 Å². The molecule has 2 aliphatic heterocycles. The number of nitrogens with two attached hydrogens (primary N) is 1. The van der Waals surface area contributed by atoms with Crippen molar-refractivity contribution >= 4 is 34.4 Å². The summed E-state index contributed by atoms with van der Waals surface area (Å²) in [6, 6.07) is 18.5. The predicted octanol–water partition coefficient (Wildman–Crippen LogP) is 1.66. The lowest BCUT2D eigenvalue weighted by Gasteiger charge is -2.38. The monoisotopic (exact) mass is 432 g/mol. The molecule has 32 heavy (non-hydrogen) atoms. The Morgan fingerprint density at radius 1 is 0.750 bits per heavy atom. The molecule has 2 aromatic carbocycles. The van der Waals surface area contributed by atoms with E-state index in [9.17, 15) is 4.79 Å². The zero-order chi connectivity index (χ0) is 21.9. The number of carbonyl (C=O) groups is 1. The predicted molar refractivity (Wildman–Crippen MR) is 127 cm³/mol. The molecule has 1 aromatic heterocycles. The van der Waals surface area contributed by atoms with Gasteiger partial charge in [0.05, 0.1) is 5.52 Å². The van der Waals surface area contributed by atoms with Crippen LogP contribution in [-0.4, -0.2) is 73.3 Å². The average molecular weight is 433 g/mol. The molecular weight excluding hydrogens is 404 g/mol. The smallest absolute Gasteiger partial charge is 0.331 e. The number of amides is 2. The number of para-hydroxylation sites is 2. The summed E-state index contributed by atoms with van der Waals surface area (Å²) in [5.41, 5.74) is 4.42. The maximum absolute atomic E-state index is 11.8. The van der Waals surface area contributed by atoms with Crippen molar-refractivity contribution in [2.45, 2.75) is 0 Å². The zero-order valence-corrected chi connectivity index (χ0v) is 18.0. The Morgan fingerprint density at radius 3 is 2.09 bits per heavy atom. The number of aromatic nitrogens is 2. The lowest BCUT2D eigenvalue weighted by atomic mass is 10.2. The molecule has 2 saturated heterocycles. The molecule has 3 N–H and O–H groups in total. The van der Waals surface area contributed by atoms with Crippen molar-refractivity contribution < 1.29 is 4.79 Å². The summed E-state index contributed by atoms with van der Waals surface area (Å²) < 4.78 is 0. The number of urea groups is 1. The van der Waals surface area contributed by atoms with Gasteiger partial charge in [0.25, 0.3) is 0 Å². The van der Waals surface area contributed by atoms with Crippen LogP contribution in [0.1, 0.15) is 0 Å². The second kappa shape index (κ2) is 8.88. The topological polar surface area (TPSA) is 93.9 Å². The van der Waals surface area contributed by atoms with Gasteiger partial charge in [0, 0.05) is 63.4 Å². The molecule has 9 nitrogen and oxygen atoms in total. The molecule has 0 atom stereocenters. The number of anilines is 3. The number of rotatable bonds is 3. The largest absolute Gasteiger partial charge is 0.368 e. The van der Waals surface area contributed by atoms with Gasteiger partial charge in [-0.1, -0.05) is 30.3 Å². The SMILES string of the molecule is NNC(=O)N1CCN(c2nc(N3CCN(c4ccccc4)CC3)c3ccccc3n2)CC1. The maximum atomic E-state index is 11.8. The number of benzene rings is 2. The third-order valence-electron chi connectivity index (χ3n) is 6.25. The van der Waals surface area contributed by atoms with Crippen LogP contribution in [0.3, 0.4) is 0 Å². The molecule has 166 valence electrons. The van der Waals surface area contributed by atoms with Gasteiger partial charge in [-0.25, -0.2) is 15.6 Å². The van der Waals surface area contributed by atoms with Crippen LogP contribution in [0, 0.1) is 0 Å². The summed E-state index contributed by atoms with van der Waals surface area (Å²) in [7, 11) is 0. The minimum Gasteiger partial charge on any atom is -0.368 e. The van der Waals surface area contributed by atoms with Crippen molar-refractivity contribution in [3.8, 4) is 0 Å². The molecular formula is C23H28N8O. The van der Waals surface area contributed by atoms with E-state index in [-0.39, 0.29) is 6.03 Å². The van der Waals surface area contributed by atoms with Crippen molar-refractivity contribution in [3.05, 3.63) is 54.6 Å². The van der Waals surface area contributed by atoms with Crippen LogP contribution in [0.5, 0.6) is 0 Å². The third kappa shape index (κ3) is 3.99. The van der Waals surface area contributed by atoms with E-state index in [1.165, 1.54) is 5.69 Å². The van der Waals surface area contributed by atoms with Crippen LogP contribution in [-0.2, 0) is 0 Å². The second-order valence-corrected chi connectivity index (χ2v) is 8.10. The number of nitrogens with one attached hydrogen (secondary N) is 1. The molecule has 2 amide bonds. The fourth-order valence-electron chi connectivity index (χ4n) is 4.45. The Kier molecular flexibility index (Phi) is 5.64. The van der Waals surface area contributed by atoms with E-state index in [1.54, 1.807) is 4.90 Å². The number of piperazine rings is 2. The van der Waals surface area contributed by atoms with E-state index in [0.717, 1.165) is 48.8 Å². The van der Waals surface area contributed by atoms with Gasteiger partial charge in [0.15, 0.2) is 0 Å². The number of hydrazine groups is 1. The maximum Gasteiger partial charge on any atom is 0.331 e. The van der Waals surface area contributed by atoms with Gasteiger partial charge in [0.1, 0.15) is 5.82 Å².